The van der Waals surface area contributed by atoms with Gasteiger partial charge in [0.25, 0.3) is 0 Å². The number of aryl methyl sites for hydroxylation is 2. The van der Waals surface area contributed by atoms with Crippen molar-refractivity contribution < 1.29 is 4.74 Å². The number of aromatic nitrogens is 4. The van der Waals surface area contributed by atoms with Gasteiger partial charge in [-0.3, -0.25) is 0 Å². The third kappa shape index (κ3) is 2.03. The van der Waals surface area contributed by atoms with Gasteiger partial charge in [-0.1, -0.05) is 16.6 Å². The maximum absolute atomic E-state index is 9.16. The largest absolute Gasteiger partial charge is 0.372 e. The van der Waals surface area contributed by atoms with Gasteiger partial charge in [-0.2, -0.15) is 9.94 Å². The molecule has 2 aromatic heterocycles. The van der Waals surface area contributed by atoms with E-state index in [-0.39, 0.29) is 6.10 Å². The number of hydrogen-bond donors (Lipinski definition) is 0. The van der Waals surface area contributed by atoms with Crippen LogP contribution in [-0.4, -0.2) is 26.6 Å². The molecule has 1 unspecified atom stereocenters. The summed E-state index contributed by atoms with van der Waals surface area (Å²) in [4.78, 5) is 5.62. The summed E-state index contributed by atoms with van der Waals surface area (Å²) in [5, 5.41) is 17.9. The number of hydrogen-bond acceptors (Lipinski definition) is 6. The summed E-state index contributed by atoms with van der Waals surface area (Å²) in [6.45, 7) is 4.70. The zero-order valence-corrected chi connectivity index (χ0v) is 11.6. The maximum Gasteiger partial charge on any atom is 0.212 e. The van der Waals surface area contributed by atoms with E-state index in [0.717, 1.165) is 40.8 Å². The molecule has 0 aromatic carbocycles. The lowest BCUT2D eigenvalue weighted by Gasteiger charge is -2.09. The third-order valence-electron chi connectivity index (χ3n) is 3.24. The first-order chi connectivity index (χ1) is 9.20. The lowest BCUT2D eigenvalue weighted by atomic mass is 10.1. The normalized spacial score (nSPS) is 18.7. The van der Waals surface area contributed by atoms with Crippen LogP contribution in [0.2, 0.25) is 0 Å². The molecule has 6 nitrogen and oxygen atoms in total. The van der Waals surface area contributed by atoms with Crippen LogP contribution in [0, 0.1) is 25.2 Å². The minimum Gasteiger partial charge on any atom is -0.372 e. The van der Waals surface area contributed by atoms with Crippen LogP contribution in [0.25, 0.3) is 5.13 Å². The Labute approximate surface area is 114 Å². The molecule has 0 N–H and O–H groups in total. The molecule has 1 fully saturated rings. The van der Waals surface area contributed by atoms with Crippen LogP contribution in [0.4, 0.5) is 0 Å². The summed E-state index contributed by atoms with van der Waals surface area (Å²) in [7, 11) is 0. The van der Waals surface area contributed by atoms with Crippen LogP contribution in [0.5, 0.6) is 0 Å². The highest BCUT2D eigenvalue weighted by molar-refractivity contribution is 7.14. The van der Waals surface area contributed by atoms with E-state index in [1.807, 2.05) is 13.8 Å². The molecule has 0 amide bonds. The lowest BCUT2D eigenvalue weighted by molar-refractivity contribution is 0.106. The Morgan fingerprint density at radius 3 is 2.89 bits per heavy atom. The molecule has 0 bridgehead atoms. The number of thiazole rings is 1. The topological polar surface area (TPSA) is 76.6 Å². The molecule has 7 heteroatoms. The van der Waals surface area contributed by atoms with Crippen LogP contribution in [0.1, 0.15) is 40.9 Å². The van der Waals surface area contributed by atoms with Crippen LogP contribution in [0.15, 0.2) is 0 Å². The number of nitrogens with zero attached hydrogens (tertiary/aromatic N) is 5. The van der Waals surface area contributed by atoms with Crippen molar-refractivity contribution in [1.82, 2.24) is 20.0 Å². The minimum absolute atomic E-state index is 0.103. The van der Waals surface area contributed by atoms with Crippen molar-refractivity contribution in [2.45, 2.75) is 32.8 Å². The second kappa shape index (κ2) is 4.72. The molecule has 3 heterocycles. The first kappa shape index (κ1) is 12.3. The summed E-state index contributed by atoms with van der Waals surface area (Å²) in [5.41, 5.74) is 2.04. The van der Waals surface area contributed by atoms with E-state index in [4.69, 9.17) is 10.00 Å². The molecular formula is C12H13N5OS. The average molecular weight is 275 g/mol. The van der Waals surface area contributed by atoms with Gasteiger partial charge in [0.05, 0.1) is 5.69 Å². The monoisotopic (exact) mass is 275 g/mol. The quantitative estimate of drug-likeness (QED) is 0.838. The van der Waals surface area contributed by atoms with E-state index in [1.165, 1.54) is 0 Å². The van der Waals surface area contributed by atoms with Crippen molar-refractivity contribution in [2.75, 3.05) is 6.61 Å². The van der Waals surface area contributed by atoms with E-state index in [2.05, 4.69) is 21.4 Å². The fraction of sp³-hybridized carbons (Fsp3) is 0.500. The van der Waals surface area contributed by atoms with E-state index < -0.39 is 0 Å². The first-order valence-electron chi connectivity index (χ1n) is 6.12. The molecule has 0 radical (unpaired) electrons. The van der Waals surface area contributed by atoms with Gasteiger partial charge in [0.2, 0.25) is 5.13 Å². The molecule has 2 aromatic rings. The van der Waals surface area contributed by atoms with Gasteiger partial charge in [0.1, 0.15) is 17.9 Å². The molecule has 0 aliphatic carbocycles. The van der Waals surface area contributed by atoms with Gasteiger partial charge in [-0.05, 0) is 26.7 Å². The van der Waals surface area contributed by atoms with E-state index in [9.17, 15) is 0 Å². The zero-order chi connectivity index (χ0) is 13.4. The van der Waals surface area contributed by atoms with Gasteiger partial charge in [-0.25, -0.2) is 4.98 Å². The van der Waals surface area contributed by atoms with Gasteiger partial charge in [0, 0.05) is 11.5 Å². The summed E-state index contributed by atoms with van der Waals surface area (Å²) < 4.78 is 7.32. The molecule has 1 saturated heterocycles. The molecule has 19 heavy (non-hydrogen) atoms. The SMILES string of the molecule is Cc1nc(-n2nnc(C#N)c2C2CCCO2)sc1C. The Hall–Kier alpha value is -1.78. The average Bonchev–Trinajstić information content (AvgIpc) is 3.09. The Morgan fingerprint density at radius 1 is 1.47 bits per heavy atom. The summed E-state index contributed by atoms with van der Waals surface area (Å²) >= 11 is 1.55. The summed E-state index contributed by atoms with van der Waals surface area (Å²) in [6, 6.07) is 2.09. The number of nitriles is 1. The predicted molar refractivity (Wildman–Crippen MR) is 69.1 cm³/mol. The summed E-state index contributed by atoms with van der Waals surface area (Å²) in [5.74, 6) is 0. The van der Waals surface area contributed by atoms with Crippen LogP contribution < -0.4 is 0 Å². The summed E-state index contributed by atoms with van der Waals surface area (Å²) in [6.07, 6.45) is 1.79. The highest BCUT2D eigenvalue weighted by Gasteiger charge is 2.28. The Balaban J connectivity index is 2.11. The molecule has 98 valence electrons. The van der Waals surface area contributed by atoms with Crippen molar-refractivity contribution in [1.29, 1.82) is 5.26 Å². The molecule has 0 saturated carbocycles. The second-order valence-electron chi connectivity index (χ2n) is 4.49. The van der Waals surface area contributed by atoms with Crippen LogP contribution >= 0.6 is 11.3 Å². The standard InChI is InChI=1S/C12H13N5OS/c1-7-8(2)19-12(14-7)17-11(9(6-13)15-16-17)10-4-3-5-18-10/h10H,3-5H2,1-2H3. The Kier molecular flexibility index (Phi) is 3.05. The number of ether oxygens (including phenoxy) is 1. The second-order valence-corrected chi connectivity index (χ2v) is 5.67. The molecule has 1 atom stereocenters. The lowest BCUT2D eigenvalue weighted by Crippen LogP contribution is -2.08. The minimum atomic E-state index is -0.103. The fourth-order valence-electron chi connectivity index (χ4n) is 2.14. The fourth-order valence-corrected chi connectivity index (χ4v) is 3.01. The zero-order valence-electron chi connectivity index (χ0n) is 10.8. The smallest absolute Gasteiger partial charge is 0.212 e. The Morgan fingerprint density at radius 2 is 2.32 bits per heavy atom. The van der Waals surface area contributed by atoms with Gasteiger partial charge in [0.15, 0.2) is 5.69 Å². The number of rotatable bonds is 2. The first-order valence-corrected chi connectivity index (χ1v) is 6.94. The van der Waals surface area contributed by atoms with Crippen LogP contribution in [0.3, 0.4) is 0 Å². The molecule has 1 aliphatic rings. The highest BCUT2D eigenvalue weighted by atomic mass is 32.1. The molecule has 0 spiro atoms. The Bertz CT molecular complexity index is 628. The van der Waals surface area contributed by atoms with Crippen molar-refractivity contribution in [2.24, 2.45) is 0 Å². The third-order valence-corrected chi connectivity index (χ3v) is 4.29. The van der Waals surface area contributed by atoms with Crippen molar-refractivity contribution in [3.05, 3.63) is 22.0 Å². The van der Waals surface area contributed by atoms with Crippen LogP contribution in [-0.2, 0) is 4.74 Å². The molecule has 1 aliphatic heterocycles. The molecular weight excluding hydrogens is 262 g/mol. The highest BCUT2D eigenvalue weighted by Crippen LogP contribution is 2.32. The van der Waals surface area contributed by atoms with E-state index in [1.54, 1.807) is 16.0 Å². The maximum atomic E-state index is 9.16. The van der Waals surface area contributed by atoms with Gasteiger partial charge < -0.3 is 4.74 Å². The van der Waals surface area contributed by atoms with Gasteiger partial charge >= 0.3 is 0 Å². The van der Waals surface area contributed by atoms with Crippen molar-refractivity contribution in [3.63, 3.8) is 0 Å². The van der Waals surface area contributed by atoms with E-state index >= 15 is 0 Å². The van der Waals surface area contributed by atoms with Crippen molar-refractivity contribution in [3.8, 4) is 11.2 Å². The van der Waals surface area contributed by atoms with Gasteiger partial charge in [-0.15, -0.1) is 5.10 Å². The van der Waals surface area contributed by atoms with E-state index in [0.29, 0.717) is 5.69 Å². The predicted octanol–water partition coefficient (Wildman–Crippen LogP) is 2.06. The van der Waals surface area contributed by atoms with Crippen molar-refractivity contribution >= 4 is 11.3 Å². The molecule has 3 rings (SSSR count).